The number of hydrogen-bond acceptors (Lipinski definition) is 5. The topological polar surface area (TPSA) is 61.8 Å². The van der Waals surface area contributed by atoms with Crippen LogP contribution in [0.4, 0.5) is 0 Å². The molecule has 0 radical (unpaired) electrons. The van der Waals surface area contributed by atoms with Crippen molar-refractivity contribution in [3.05, 3.63) is 85.1 Å². The van der Waals surface area contributed by atoms with Crippen LogP contribution >= 0.6 is 0 Å². The molecule has 0 spiro atoms. The fourth-order valence-corrected chi connectivity index (χ4v) is 7.74. The average molecular weight is 920 g/mol. The van der Waals surface area contributed by atoms with Crippen LogP contribution in [0.15, 0.2) is 85.1 Å². The third-order valence-corrected chi connectivity index (χ3v) is 11.9. The number of rotatable bonds is 51. The molecule has 0 amide bonds. The minimum absolute atomic E-state index is 0.0605. The summed E-state index contributed by atoms with van der Waals surface area (Å²) in [6.07, 6.45) is 74.6. The Morgan fingerprint density at radius 1 is 0.348 bits per heavy atom. The highest BCUT2D eigenvalue weighted by Gasteiger charge is 2.17. The zero-order valence-electron chi connectivity index (χ0n) is 43.7. The van der Waals surface area contributed by atoms with Crippen molar-refractivity contribution < 1.29 is 23.8 Å². The van der Waals surface area contributed by atoms with Gasteiger partial charge in [-0.05, 0) is 96.3 Å². The molecule has 5 heteroatoms. The first-order valence-electron chi connectivity index (χ1n) is 28.1. The van der Waals surface area contributed by atoms with E-state index in [1.165, 1.54) is 135 Å². The number of hydrogen-bond donors (Lipinski definition) is 0. The Hall–Kier alpha value is -2.92. The van der Waals surface area contributed by atoms with E-state index in [9.17, 15) is 9.59 Å². The van der Waals surface area contributed by atoms with E-state index in [2.05, 4.69) is 106 Å². The Bertz CT molecular complexity index is 1220. The average Bonchev–Trinajstić information content (AvgIpc) is 3.32. The molecular formula is C61H106O5. The fraction of sp³-hybridized carbons (Fsp3) is 0.738. The molecule has 0 aliphatic heterocycles. The van der Waals surface area contributed by atoms with E-state index in [0.29, 0.717) is 19.4 Å². The summed E-state index contributed by atoms with van der Waals surface area (Å²) in [7, 11) is 0. The highest BCUT2D eigenvalue weighted by Crippen LogP contribution is 2.15. The van der Waals surface area contributed by atoms with Crippen LogP contribution in [0.3, 0.4) is 0 Å². The molecule has 0 aromatic heterocycles. The normalized spacial score (nSPS) is 12.8. The van der Waals surface area contributed by atoms with Crippen molar-refractivity contribution in [3.63, 3.8) is 0 Å². The van der Waals surface area contributed by atoms with Crippen LogP contribution in [0, 0.1) is 0 Å². The van der Waals surface area contributed by atoms with Crippen molar-refractivity contribution in [1.82, 2.24) is 0 Å². The molecule has 66 heavy (non-hydrogen) atoms. The largest absolute Gasteiger partial charge is 0.462 e. The van der Waals surface area contributed by atoms with Crippen LogP contribution in [-0.4, -0.2) is 37.9 Å². The molecule has 1 atom stereocenters. The molecule has 1 unspecified atom stereocenters. The van der Waals surface area contributed by atoms with E-state index in [0.717, 1.165) is 96.3 Å². The third-order valence-electron chi connectivity index (χ3n) is 11.9. The third kappa shape index (κ3) is 53.7. The van der Waals surface area contributed by atoms with E-state index < -0.39 is 6.10 Å². The first kappa shape index (κ1) is 63.1. The Balaban J connectivity index is 4.34. The van der Waals surface area contributed by atoms with Gasteiger partial charge in [0.1, 0.15) is 6.61 Å². The molecule has 0 saturated heterocycles. The summed E-state index contributed by atoms with van der Waals surface area (Å²) < 4.78 is 17.4. The lowest BCUT2D eigenvalue weighted by Crippen LogP contribution is -2.30. The summed E-state index contributed by atoms with van der Waals surface area (Å²) >= 11 is 0. The number of carbonyl (C=O) groups is 2. The zero-order chi connectivity index (χ0) is 47.7. The zero-order valence-corrected chi connectivity index (χ0v) is 43.7. The van der Waals surface area contributed by atoms with Gasteiger partial charge < -0.3 is 14.2 Å². The Morgan fingerprint density at radius 3 is 1.15 bits per heavy atom. The van der Waals surface area contributed by atoms with Gasteiger partial charge in [0, 0.05) is 19.4 Å². The van der Waals surface area contributed by atoms with Crippen LogP contribution in [-0.2, 0) is 23.8 Å². The molecule has 0 aromatic carbocycles. The fourth-order valence-electron chi connectivity index (χ4n) is 7.74. The molecule has 0 N–H and O–H groups in total. The van der Waals surface area contributed by atoms with Crippen LogP contribution < -0.4 is 0 Å². The molecule has 0 aliphatic carbocycles. The first-order chi connectivity index (χ1) is 32.6. The Kier molecular flexibility index (Phi) is 53.9. The Morgan fingerprint density at radius 2 is 0.682 bits per heavy atom. The van der Waals surface area contributed by atoms with Crippen molar-refractivity contribution >= 4 is 11.9 Å². The van der Waals surface area contributed by atoms with Gasteiger partial charge in [0.05, 0.1) is 6.61 Å². The van der Waals surface area contributed by atoms with Crippen molar-refractivity contribution in [2.75, 3.05) is 19.8 Å². The SMILES string of the molecule is CC/C=C\C/C=C\C/C=C\C/C=C\CCCCC(=O)OC(COCCCCCCCCCCCCCCCCCC)COC(=O)CCCCCCCC/C=C\C/C=C\C/C=C\CCCCC. The minimum atomic E-state index is -0.566. The molecule has 5 nitrogen and oxygen atoms in total. The highest BCUT2D eigenvalue weighted by atomic mass is 16.6. The predicted octanol–water partition coefficient (Wildman–Crippen LogP) is 19.2. The van der Waals surface area contributed by atoms with E-state index >= 15 is 0 Å². The summed E-state index contributed by atoms with van der Waals surface area (Å²) in [6.45, 7) is 7.66. The Labute approximate surface area is 409 Å². The van der Waals surface area contributed by atoms with E-state index in [1.54, 1.807) is 0 Å². The van der Waals surface area contributed by atoms with Crippen molar-refractivity contribution in [2.45, 2.75) is 271 Å². The van der Waals surface area contributed by atoms with Gasteiger partial charge in [0.15, 0.2) is 6.10 Å². The van der Waals surface area contributed by atoms with Crippen LogP contribution in [0.5, 0.6) is 0 Å². The van der Waals surface area contributed by atoms with Crippen LogP contribution in [0.1, 0.15) is 265 Å². The number of esters is 2. The summed E-state index contributed by atoms with van der Waals surface area (Å²) in [6, 6.07) is 0. The molecule has 0 saturated carbocycles. The smallest absolute Gasteiger partial charge is 0.306 e. The van der Waals surface area contributed by atoms with E-state index in [4.69, 9.17) is 14.2 Å². The van der Waals surface area contributed by atoms with Gasteiger partial charge in [-0.2, -0.15) is 0 Å². The van der Waals surface area contributed by atoms with Gasteiger partial charge in [0.25, 0.3) is 0 Å². The maximum absolute atomic E-state index is 12.8. The number of unbranched alkanes of at least 4 members (excludes halogenated alkanes) is 26. The lowest BCUT2D eigenvalue weighted by molar-refractivity contribution is -0.163. The molecule has 0 bridgehead atoms. The minimum Gasteiger partial charge on any atom is -0.462 e. The van der Waals surface area contributed by atoms with Gasteiger partial charge in [-0.25, -0.2) is 0 Å². The van der Waals surface area contributed by atoms with Gasteiger partial charge in [-0.15, -0.1) is 0 Å². The summed E-state index contributed by atoms with van der Waals surface area (Å²) in [4.78, 5) is 25.5. The maximum Gasteiger partial charge on any atom is 0.306 e. The second-order valence-electron chi connectivity index (χ2n) is 18.5. The van der Waals surface area contributed by atoms with Gasteiger partial charge in [-0.1, -0.05) is 241 Å². The molecular weight excluding hydrogens is 813 g/mol. The predicted molar refractivity (Wildman–Crippen MR) is 288 cm³/mol. The maximum atomic E-state index is 12.8. The summed E-state index contributed by atoms with van der Waals surface area (Å²) in [5, 5.41) is 0. The van der Waals surface area contributed by atoms with E-state index in [1.807, 2.05) is 0 Å². The lowest BCUT2D eigenvalue weighted by Gasteiger charge is -2.18. The van der Waals surface area contributed by atoms with Crippen molar-refractivity contribution in [2.24, 2.45) is 0 Å². The highest BCUT2D eigenvalue weighted by molar-refractivity contribution is 5.70. The first-order valence-corrected chi connectivity index (χ1v) is 28.1. The monoisotopic (exact) mass is 919 g/mol. The van der Waals surface area contributed by atoms with Crippen molar-refractivity contribution in [3.8, 4) is 0 Å². The van der Waals surface area contributed by atoms with Gasteiger partial charge in [0.2, 0.25) is 0 Å². The summed E-state index contributed by atoms with van der Waals surface area (Å²) in [5.41, 5.74) is 0. The molecule has 0 fully saturated rings. The standard InChI is InChI=1S/C61H106O5/c1-4-7-10-13-16-19-22-25-28-30-31-32-34-36-39-42-45-48-51-54-60(62)65-58-59(57-64-56-53-50-47-44-41-38-35-29-26-23-20-17-14-11-8-5-2)66-61(63)55-52-49-46-43-40-37-33-27-24-21-18-15-12-9-6-3/h9,12,16,18-19,21,25,27-28,31-33,40,43,59H,4-8,10-11,13-15,17,20,22-24,26,29-30,34-39,41-42,44-58H2,1-3H3/b12-9-,19-16-,21-18-,28-25-,32-31-,33-27-,43-40-. The molecule has 0 aliphatic rings. The lowest BCUT2D eigenvalue weighted by atomic mass is 10.0. The second-order valence-corrected chi connectivity index (χ2v) is 18.5. The number of ether oxygens (including phenoxy) is 3. The van der Waals surface area contributed by atoms with E-state index in [-0.39, 0.29) is 25.2 Å². The molecule has 380 valence electrons. The number of carbonyl (C=O) groups excluding carboxylic acids is 2. The van der Waals surface area contributed by atoms with Crippen LogP contribution in [0.25, 0.3) is 0 Å². The number of allylic oxidation sites excluding steroid dienone is 14. The molecule has 0 aromatic rings. The van der Waals surface area contributed by atoms with Gasteiger partial charge in [-0.3, -0.25) is 9.59 Å². The summed E-state index contributed by atoms with van der Waals surface area (Å²) in [5.74, 6) is -0.454. The van der Waals surface area contributed by atoms with Gasteiger partial charge >= 0.3 is 11.9 Å². The van der Waals surface area contributed by atoms with Crippen LogP contribution in [0.2, 0.25) is 0 Å². The molecule has 0 heterocycles. The van der Waals surface area contributed by atoms with Crippen molar-refractivity contribution in [1.29, 1.82) is 0 Å². The molecule has 0 rings (SSSR count). The quantitative estimate of drug-likeness (QED) is 0.0346. The second kappa shape index (κ2) is 56.4.